The predicted molar refractivity (Wildman–Crippen MR) is 220 cm³/mol. The molecule has 0 amide bonds. The van der Waals surface area contributed by atoms with Gasteiger partial charge in [-0.25, -0.2) is 0 Å². The second-order valence-electron chi connectivity index (χ2n) is 13.6. The largest absolute Gasteiger partial charge is 0.309 e. The summed E-state index contributed by atoms with van der Waals surface area (Å²) in [5, 5.41) is 3.73. The van der Waals surface area contributed by atoms with Gasteiger partial charge in [0.15, 0.2) is 0 Å². The number of para-hydroxylation sites is 6. The summed E-state index contributed by atoms with van der Waals surface area (Å²) < 4.78 is 4.74. The van der Waals surface area contributed by atoms with E-state index in [1.165, 1.54) is 55.1 Å². The van der Waals surface area contributed by atoms with Gasteiger partial charge in [-0.3, -0.25) is 4.98 Å². The van der Waals surface area contributed by atoms with E-state index in [2.05, 4.69) is 202 Å². The quantitative estimate of drug-likeness (QED) is 0.185. The van der Waals surface area contributed by atoms with Crippen molar-refractivity contribution in [3.63, 3.8) is 0 Å². The normalized spacial score (nSPS) is 12.1. The maximum atomic E-state index is 5.00. The minimum absolute atomic E-state index is 0.938. The molecular weight excluding hydrogens is 645 g/mol. The van der Waals surface area contributed by atoms with Crippen molar-refractivity contribution in [1.29, 1.82) is 0 Å². The summed E-state index contributed by atoms with van der Waals surface area (Å²) in [7, 11) is 0. The Balaban J connectivity index is 1.04. The second kappa shape index (κ2) is 11.7. The molecule has 248 valence electrons. The first-order valence-corrected chi connectivity index (χ1v) is 18.1. The highest BCUT2D eigenvalue weighted by Crippen LogP contribution is 2.54. The van der Waals surface area contributed by atoms with E-state index >= 15 is 0 Å². The number of hydrogen-bond donors (Lipinski definition) is 0. The van der Waals surface area contributed by atoms with Gasteiger partial charge in [0.2, 0.25) is 0 Å². The van der Waals surface area contributed by atoms with E-state index in [-0.39, 0.29) is 0 Å². The lowest BCUT2D eigenvalue weighted by Crippen LogP contribution is -2.11. The second-order valence-corrected chi connectivity index (χ2v) is 13.6. The average Bonchev–Trinajstić information content (AvgIpc) is 3.71. The number of rotatable bonds is 4. The van der Waals surface area contributed by atoms with E-state index in [1.807, 2.05) is 6.20 Å². The molecule has 3 aromatic heterocycles. The molecule has 7 aromatic carbocycles. The van der Waals surface area contributed by atoms with Crippen LogP contribution in [-0.2, 0) is 0 Å². The zero-order valence-corrected chi connectivity index (χ0v) is 28.8. The Bertz CT molecular complexity index is 2930. The molecule has 0 bridgehead atoms. The van der Waals surface area contributed by atoms with E-state index in [4.69, 9.17) is 4.98 Å². The minimum Gasteiger partial charge on any atom is -0.309 e. The Hall–Kier alpha value is -7.17. The van der Waals surface area contributed by atoms with Gasteiger partial charge in [-0.1, -0.05) is 121 Å². The Morgan fingerprint density at radius 1 is 0.358 bits per heavy atom. The van der Waals surface area contributed by atoms with Crippen LogP contribution in [0.4, 0.5) is 17.1 Å². The summed E-state index contributed by atoms with van der Waals surface area (Å²) in [6.45, 7) is 0. The number of benzene rings is 7. The molecule has 0 saturated carbocycles. The van der Waals surface area contributed by atoms with Gasteiger partial charge in [-0.15, -0.1) is 0 Å². The fourth-order valence-corrected chi connectivity index (χ4v) is 8.44. The molecule has 11 rings (SSSR count). The van der Waals surface area contributed by atoms with E-state index in [0.717, 1.165) is 39.7 Å². The summed E-state index contributed by atoms with van der Waals surface area (Å²) >= 11 is 0. The fourth-order valence-electron chi connectivity index (χ4n) is 8.44. The highest BCUT2D eigenvalue weighted by molar-refractivity contribution is 6.13. The van der Waals surface area contributed by atoms with Crippen LogP contribution >= 0.6 is 0 Å². The number of nitrogens with zero attached hydrogens (tertiary/aromatic N) is 4. The third-order valence-corrected chi connectivity index (χ3v) is 10.7. The number of anilines is 3. The molecular formula is C49H32N4. The van der Waals surface area contributed by atoms with Crippen molar-refractivity contribution >= 4 is 49.8 Å². The topological polar surface area (TPSA) is 26.0 Å². The summed E-state index contributed by atoms with van der Waals surface area (Å²) in [6, 6.07) is 67.5. The van der Waals surface area contributed by atoms with Crippen molar-refractivity contribution < 1.29 is 0 Å². The third kappa shape index (κ3) is 4.46. The zero-order valence-electron chi connectivity index (χ0n) is 28.8. The number of pyridine rings is 1. The van der Waals surface area contributed by atoms with Crippen LogP contribution in [0.3, 0.4) is 0 Å². The van der Waals surface area contributed by atoms with Crippen molar-refractivity contribution in [2.75, 3.05) is 4.90 Å². The average molecular weight is 677 g/mol. The van der Waals surface area contributed by atoms with Crippen LogP contribution in [0.2, 0.25) is 0 Å². The molecule has 0 spiro atoms. The zero-order chi connectivity index (χ0) is 34.9. The monoisotopic (exact) mass is 676 g/mol. The molecule has 53 heavy (non-hydrogen) atoms. The standard InChI is InChI=1S/C49H32N4/c1-2-14-34(15-3-1)53-46-24-12-7-19-40(46)48-39-18-6-11-23-45(39)51(47-25-13-8-20-41(47)49(48)53)35-28-26-33(27-29-35)42-31-30-36(32-50-42)52-43-21-9-4-16-37(43)38-17-5-10-22-44(38)52/h1-32H. The Morgan fingerprint density at radius 3 is 1.55 bits per heavy atom. The molecule has 0 N–H and O–H groups in total. The molecule has 4 nitrogen and oxygen atoms in total. The van der Waals surface area contributed by atoms with Crippen LogP contribution in [0.25, 0.3) is 77.7 Å². The van der Waals surface area contributed by atoms with Gasteiger partial charge in [0.1, 0.15) is 0 Å². The molecule has 0 atom stereocenters. The summed E-state index contributed by atoms with van der Waals surface area (Å²) in [5.41, 5.74) is 16.0. The van der Waals surface area contributed by atoms with Crippen LogP contribution < -0.4 is 4.90 Å². The van der Waals surface area contributed by atoms with Crippen LogP contribution in [0.15, 0.2) is 194 Å². The number of fused-ring (bicyclic) bond motifs is 10. The summed E-state index contributed by atoms with van der Waals surface area (Å²) in [5.74, 6) is 0. The first-order chi connectivity index (χ1) is 26.3. The molecule has 0 unspecified atom stereocenters. The molecule has 0 radical (unpaired) electrons. The lowest BCUT2D eigenvalue weighted by Gasteiger charge is -2.27. The fraction of sp³-hybridized carbons (Fsp3) is 0. The molecule has 10 aromatic rings. The van der Waals surface area contributed by atoms with Gasteiger partial charge in [0.05, 0.1) is 51.2 Å². The molecule has 1 aliphatic rings. The van der Waals surface area contributed by atoms with E-state index in [1.54, 1.807) is 0 Å². The Kier molecular flexibility index (Phi) is 6.52. The smallest absolute Gasteiger partial charge is 0.0703 e. The van der Waals surface area contributed by atoms with Gasteiger partial charge in [0, 0.05) is 49.8 Å². The first kappa shape index (κ1) is 29.5. The van der Waals surface area contributed by atoms with E-state index in [0.29, 0.717) is 0 Å². The molecule has 1 aliphatic heterocycles. The molecule has 0 aliphatic carbocycles. The summed E-state index contributed by atoms with van der Waals surface area (Å²) in [6.07, 6.45) is 1.99. The molecule has 4 heteroatoms. The Labute approximate surface area is 307 Å². The first-order valence-electron chi connectivity index (χ1n) is 18.1. The summed E-state index contributed by atoms with van der Waals surface area (Å²) in [4.78, 5) is 7.41. The van der Waals surface area contributed by atoms with Gasteiger partial charge in [0.25, 0.3) is 0 Å². The van der Waals surface area contributed by atoms with Crippen molar-refractivity contribution in [3.8, 4) is 45.0 Å². The molecule has 4 heterocycles. The Morgan fingerprint density at radius 2 is 0.887 bits per heavy atom. The van der Waals surface area contributed by atoms with Crippen LogP contribution in [-0.4, -0.2) is 14.1 Å². The van der Waals surface area contributed by atoms with Crippen molar-refractivity contribution in [1.82, 2.24) is 14.1 Å². The van der Waals surface area contributed by atoms with Crippen LogP contribution in [0.1, 0.15) is 0 Å². The maximum absolute atomic E-state index is 5.00. The van der Waals surface area contributed by atoms with E-state index < -0.39 is 0 Å². The number of aromatic nitrogens is 3. The highest BCUT2D eigenvalue weighted by Gasteiger charge is 2.31. The minimum atomic E-state index is 0.938. The van der Waals surface area contributed by atoms with Crippen molar-refractivity contribution in [3.05, 3.63) is 194 Å². The maximum Gasteiger partial charge on any atom is 0.0703 e. The van der Waals surface area contributed by atoms with Crippen molar-refractivity contribution in [2.45, 2.75) is 0 Å². The van der Waals surface area contributed by atoms with Gasteiger partial charge >= 0.3 is 0 Å². The van der Waals surface area contributed by atoms with Crippen LogP contribution in [0.5, 0.6) is 0 Å². The van der Waals surface area contributed by atoms with Crippen LogP contribution in [0, 0.1) is 0 Å². The third-order valence-electron chi connectivity index (χ3n) is 10.7. The van der Waals surface area contributed by atoms with Crippen molar-refractivity contribution in [2.24, 2.45) is 0 Å². The van der Waals surface area contributed by atoms with Gasteiger partial charge in [-0.2, -0.15) is 0 Å². The lowest BCUT2D eigenvalue weighted by atomic mass is 9.98. The van der Waals surface area contributed by atoms with Gasteiger partial charge in [-0.05, 0) is 66.7 Å². The SMILES string of the molecule is c1ccc(-n2c3c(c4ccccc42)-c2ccccc2N(c2ccc(-c4ccc(-n5c6ccccc6c6ccccc65)cn4)cc2)c2ccccc2-3)cc1. The predicted octanol–water partition coefficient (Wildman–Crippen LogP) is 12.9. The van der Waals surface area contributed by atoms with Gasteiger partial charge < -0.3 is 14.0 Å². The number of hydrogen-bond acceptors (Lipinski definition) is 2. The van der Waals surface area contributed by atoms with E-state index in [9.17, 15) is 0 Å². The molecule has 0 fully saturated rings. The molecule has 0 saturated heterocycles. The lowest BCUT2D eigenvalue weighted by molar-refractivity contribution is 1.13. The highest BCUT2D eigenvalue weighted by atomic mass is 15.2.